The summed E-state index contributed by atoms with van der Waals surface area (Å²) in [6, 6.07) is 5.34. The van der Waals surface area contributed by atoms with Crippen molar-refractivity contribution in [3.05, 3.63) is 49.6 Å². The van der Waals surface area contributed by atoms with Gasteiger partial charge in [-0.15, -0.1) is 13.2 Å². The average molecular weight is 380 g/mol. The fourth-order valence-corrected chi connectivity index (χ4v) is 3.52. The Morgan fingerprint density at radius 3 is 2.04 bits per heavy atom. The highest BCUT2D eigenvalue weighted by molar-refractivity contribution is 7.88. The van der Waals surface area contributed by atoms with Crippen LogP contribution in [0.15, 0.2) is 49.6 Å². The lowest BCUT2D eigenvalue weighted by molar-refractivity contribution is -0.0500. The van der Waals surface area contributed by atoms with E-state index in [4.69, 9.17) is 4.43 Å². The normalized spacial score (nSPS) is 13.2. The van der Waals surface area contributed by atoms with Crippen molar-refractivity contribution in [2.24, 2.45) is 0 Å². The molecule has 0 fully saturated rings. The standard InChI is InChI=1S/C15H19F3O4SSi/c1-4-10-14(3,11-5-2)22-24-13-8-6-12(7-9-13)21-23(19,20)15(16,17)18/h4-9H,1-2,10-11,24H2,3H3. The van der Waals surface area contributed by atoms with Crippen LogP contribution in [0.25, 0.3) is 0 Å². The molecule has 0 aliphatic carbocycles. The summed E-state index contributed by atoms with van der Waals surface area (Å²) in [7, 11) is -6.82. The number of halogens is 3. The molecule has 0 aromatic heterocycles. The summed E-state index contributed by atoms with van der Waals surface area (Å²) in [5.74, 6) is -0.398. The highest BCUT2D eigenvalue weighted by Gasteiger charge is 2.48. The zero-order valence-electron chi connectivity index (χ0n) is 13.2. The lowest BCUT2D eigenvalue weighted by Crippen LogP contribution is -2.33. The molecule has 0 bridgehead atoms. The first-order valence-corrected chi connectivity index (χ1v) is 9.68. The number of hydrogen-bond acceptors (Lipinski definition) is 4. The lowest BCUT2D eigenvalue weighted by Gasteiger charge is -2.28. The van der Waals surface area contributed by atoms with Gasteiger partial charge in [0.25, 0.3) is 0 Å². The summed E-state index contributed by atoms with van der Waals surface area (Å²) in [6.07, 6.45) is 4.77. The Hall–Kier alpha value is -1.58. The van der Waals surface area contributed by atoms with Crippen molar-refractivity contribution >= 4 is 25.1 Å². The van der Waals surface area contributed by atoms with Crippen LogP contribution in [-0.2, 0) is 14.5 Å². The Morgan fingerprint density at radius 2 is 1.62 bits per heavy atom. The average Bonchev–Trinajstić information content (AvgIpc) is 2.45. The van der Waals surface area contributed by atoms with Crippen molar-refractivity contribution < 1.29 is 30.2 Å². The molecule has 134 valence electrons. The Morgan fingerprint density at radius 1 is 1.12 bits per heavy atom. The van der Waals surface area contributed by atoms with Crippen LogP contribution in [0.3, 0.4) is 0 Å². The third-order valence-corrected chi connectivity index (χ3v) is 5.78. The van der Waals surface area contributed by atoms with E-state index in [0.29, 0.717) is 12.8 Å². The SMILES string of the molecule is C=CCC(C)(CC=C)O[SiH2]c1ccc(OS(=O)(=O)C(F)(F)F)cc1. The van der Waals surface area contributed by atoms with E-state index >= 15 is 0 Å². The number of alkyl halides is 3. The molecule has 0 spiro atoms. The second-order valence-electron chi connectivity index (χ2n) is 5.35. The minimum absolute atomic E-state index is 0.398. The summed E-state index contributed by atoms with van der Waals surface area (Å²) in [6.45, 7) is 9.30. The molecule has 0 heterocycles. The van der Waals surface area contributed by atoms with Crippen LogP contribution >= 0.6 is 0 Å². The van der Waals surface area contributed by atoms with Crippen LogP contribution in [0.5, 0.6) is 5.75 Å². The Bertz CT molecular complexity index is 659. The third-order valence-electron chi connectivity index (χ3n) is 3.15. The summed E-state index contributed by atoms with van der Waals surface area (Å²) in [5.41, 5.74) is -5.88. The summed E-state index contributed by atoms with van der Waals surface area (Å²) >= 11 is 0. The minimum atomic E-state index is -5.66. The maximum atomic E-state index is 12.3. The van der Waals surface area contributed by atoms with Crippen molar-refractivity contribution in [1.29, 1.82) is 0 Å². The summed E-state index contributed by atoms with van der Waals surface area (Å²) < 4.78 is 68.6. The fraction of sp³-hybridized carbons (Fsp3) is 0.333. The van der Waals surface area contributed by atoms with Crippen LogP contribution in [0.1, 0.15) is 19.8 Å². The lowest BCUT2D eigenvalue weighted by atomic mass is 9.99. The van der Waals surface area contributed by atoms with Gasteiger partial charge < -0.3 is 8.61 Å². The first-order valence-electron chi connectivity index (χ1n) is 6.98. The molecule has 0 saturated carbocycles. The second-order valence-corrected chi connectivity index (χ2v) is 8.28. The Balaban J connectivity index is 2.75. The molecule has 1 rings (SSSR count). The van der Waals surface area contributed by atoms with E-state index in [1.165, 1.54) is 24.3 Å². The van der Waals surface area contributed by atoms with E-state index in [0.717, 1.165) is 5.19 Å². The fourth-order valence-electron chi connectivity index (χ4n) is 1.88. The molecule has 4 nitrogen and oxygen atoms in total. The van der Waals surface area contributed by atoms with Crippen molar-refractivity contribution in [1.82, 2.24) is 0 Å². The van der Waals surface area contributed by atoms with Crippen molar-refractivity contribution in [3.63, 3.8) is 0 Å². The van der Waals surface area contributed by atoms with Gasteiger partial charge in [0.1, 0.15) is 5.75 Å². The van der Waals surface area contributed by atoms with Crippen molar-refractivity contribution in [3.8, 4) is 5.75 Å². The summed E-state index contributed by atoms with van der Waals surface area (Å²) in [4.78, 5) is 0. The van der Waals surface area contributed by atoms with Crippen LogP contribution in [-0.4, -0.2) is 29.3 Å². The van der Waals surface area contributed by atoms with Crippen LogP contribution in [0.2, 0.25) is 0 Å². The van der Waals surface area contributed by atoms with Gasteiger partial charge in [0.15, 0.2) is 9.76 Å². The molecule has 0 amide bonds. The van der Waals surface area contributed by atoms with Gasteiger partial charge in [0.05, 0.1) is 5.60 Å². The van der Waals surface area contributed by atoms with Gasteiger partial charge in [-0.25, -0.2) is 0 Å². The second kappa shape index (κ2) is 7.99. The molecular weight excluding hydrogens is 361 g/mol. The highest BCUT2D eigenvalue weighted by Crippen LogP contribution is 2.26. The van der Waals surface area contributed by atoms with Gasteiger partial charge in [-0.2, -0.15) is 21.6 Å². The first-order chi connectivity index (χ1) is 11.0. The topological polar surface area (TPSA) is 52.6 Å². The monoisotopic (exact) mass is 380 g/mol. The van der Waals surface area contributed by atoms with Gasteiger partial charge >= 0.3 is 15.6 Å². The van der Waals surface area contributed by atoms with Gasteiger partial charge in [-0.1, -0.05) is 24.3 Å². The van der Waals surface area contributed by atoms with E-state index in [-0.39, 0.29) is 0 Å². The molecule has 0 N–H and O–H groups in total. The molecule has 0 aliphatic rings. The molecule has 0 atom stereocenters. The molecule has 9 heteroatoms. The number of hydrogen-bond donors (Lipinski definition) is 0. The van der Waals surface area contributed by atoms with E-state index < -0.39 is 36.7 Å². The zero-order chi connectivity index (χ0) is 18.4. The molecule has 1 aromatic rings. The van der Waals surface area contributed by atoms with Gasteiger partial charge in [-0.3, -0.25) is 0 Å². The molecule has 0 aliphatic heterocycles. The van der Waals surface area contributed by atoms with Crippen molar-refractivity contribution in [2.75, 3.05) is 0 Å². The third kappa shape index (κ3) is 5.80. The van der Waals surface area contributed by atoms with E-state index in [1.807, 2.05) is 6.92 Å². The first kappa shape index (κ1) is 20.5. The van der Waals surface area contributed by atoms with Crippen LogP contribution in [0, 0.1) is 0 Å². The predicted octanol–water partition coefficient (Wildman–Crippen LogP) is 2.55. The van der Waals surface area contributed by atoms with E-state index in [1.54, 1.807) is 12.2 Å². The molecule has 24 heavy (non-hydrogen) atoms. The summed E-state index contributed by atoms with van der Waals surface area (Å²) in [5, 5.41) is 0.797. The Kier molecular flexibility index (Phi) is 6.82. The largest absolute Gasteiger partial charge is 0.534 e. The minimum Gasteiger partial charge on any atom is -0.413 e. The number of benzene rings is 1. The van der Waals surface area contributed by atoms with Gasteiger partial charge in [-0.05, 0) is 37.1 Å². The molecular formula is C15H19F3O4SSi. The maximum Gasteiger partial charge on any atom is 0.534 e. The van der Waals surface area contributed by atoms with Crippen molar-refractivity contribution in [2.45, 2.75) is 30.9 Å². The molecule has 1 aromatic carbocycles. The zero-order valence-corrected chi connectivity index (χ0v) is 15.4. The van der Waals surface area contributed by atoms with Gasteiger partial charge in [0.2, 0.25) is 0 Å². The van der Waals surface area contributed by atoms with E-state index in [2.05, 4.69) is 17.3 Å². The highest BCUT2D eigenvalue weighted by atomic mass is 32.2. The van der Waals surface area contributed by atoms with E-state index in [9.17, 15) is 21.6 Å². The number of rotatable bonds is 9. The van der Waals surface area contributed by atoms with Gasteiger partial charge in [0, 0.05) is 0 Å². The predicted molar refractivity (Wildman–Crippen MR) is 89.3 cm³/mol. The maximum absolute atomic E-state index is 12.3. The van der Waals surface area contributed by atoms with Crippen LogP contribution in [0.4, 0.5) is 13.2 Å². The van der Waals surface area contributed by atoms with Crippen LogP contribution < -0.4 is 9.37 Å². The smallest absolute Gasteiger partial charge is 0.413 e. The quantitative estimate of drug-likeness (QED) is 0.286. The molecule has 0 unspecified atom stereocenters. The Labute approximate surface area is 142 Å². The molecule has 0 radical (unpaired) electrons. The molecule has 0 saturated heterocycles.